The van der Waals surface area contributed by atoms with Crippen LogP contribution in [0.4, 0.5) is 0 Å². The van der Waals surface area contributed by atoms with Crippen LogP contribution >= 0.6 is 11.3 Å². The van der Waals surface area contributed by atoms with Gasteiger partial charge >= 0.3 is 0 Å². The molecule has 2 aromatic rings. The molecule has 0 N–H and O–H groups in total. The largest absolute Gasteiger partial charge is 0.277 e. The third-order valence-electron chi connectivity index (χ3n) is 3.86. The minimum absolute atomic E-state index is 0.468. The molecule has 3 heterocycles. The normalized spacial score (nSPS) is 24.7. The summed E-state index contributed by atoms with van der Waals surface area (Å²) in [5, 5.41) is 2.22. The molecule has 2 atom stereocenters. The first kappa shape index (κ1) is 9.63. The van der Waals surface area contributed by atoms with Crippen LogP contribution in [-0.2, 0) is 0 Å². The lowest BCUT2D eigenvalue weighted by atomic mass is 9.91. The fourth-order valence-electron chi connectivity index (χ4n) is 3.29. The van der Waals surface area contributed by atoms with Crippen LogP contribution in [0.5, 0.6) is 0 Å². The first-order valence-electron chi connectivity index (χ1n) is 5.94. The van der Waals surface area contributed by atoms with Crippen molar-refractivity contribution < 1.29 is 0 Å². The molecule has 84 valence electrons. The summed E-state index contributed by atoms with van der Waals surface area (Å²) in [4.78, 5) is 4.09. The Kier molecular flexibility index (Phi) is 1.88. The summed E-state index contributed by atoms with van der Waals surface area (Å²) >= 11 is 1.89. The summed E-state index contributed by atoms with van der Waals surface area (Å²) in [6.07, 6.45) is 2.02. The first-order valence-corrected chi connectivity index (χ1v) is 6.82. The summed E-state index contributed by atoms with van der Waals surface area (Å²) in [7, 11) is 0. The Morgan fingerprint density at radius 3 is 2.65 bits per heavy atom. The average molecular weight is 239 g/mol. The number of benzene rings is 1. The molecule has 0 saturated heterocycles. The van der Waals surface area contributed by atoms with Crippen LogP contribution in [0.3, 0.4) is 0 Å². The summed E-state index contributed by atoms with van der Waals surface area (Å²) in [5.74, 6) is 0. The SMILES string of the molecule is C=CCN1C2c3ccccc3C1c1sccc12. The molecule has 0 fully saturated rings. The zero-order valence-corrected chi connectivity index (χ0v) is 10.3. The molecule has 0 saturated carbocycles. The Morgan fingerprint density at radius 1 is 1.12 bits per heavy atom. The number of rotatable bonds is 2. The second-order valence-corrected chi connectivity index (χ2v) is 5.61. The van der Waals surface area contributed by atoms with Crippen molar-refractivity contribution >= 4 is 11.3 Å². The second-order valence-electron chi connectivity index (χ2n) is 4.66. The molecule has 2 unspecified atom stereocenters. The smallest absolute Gasteiger partial charge is 0.0713 e. The van der Waals surface area contributed by atoms with Crippen molar-refractivity contribution in [3.63, 3.8) is 0 Å². The zero-order chi connectivity index (χ0) is 11.4. The minimum atomic E-state index is 0.468. The van der Waals surface area contributed by atoms with Crippen LogP contribution in [0.15, 0.2) is 48.4 Å². The monoisotopic (exact) mass is 239 g/mol. The summed E-state index contributed by atoms with van der Waals surface area (Å²) in [6, 6.07) is 12.1. The second kappa shape index (κ2) is 3.31. The molecule has 17 heavy (non-hydrogen) atoms. The van der Waals surface area contributed by atoms with Crippen LogP contribution in [0.1, 0.15) is 33.7 Å². The van der Waals surface area contributed by atoms with Gasteiger partial charge in [0.05, 0.1) is 12.1 Å². The lowest BCUT2D eigenvalue weighted by Crippen LogP contribution is -2.20. The van der Waals surface area contributed by atoms with E-state index >= 15 is 0 Å². The van der Waals surface area contributed by atoms with Gasteiger partial charge in [0.15, 0.2) is 0 Å². The van der Waals surface area contributed by atoms with Gasteiger partial charge in [-0.1, -0.05) is 30.3 Å². The van der Waals surface area contributed by atoms with Crippen molar-refractivity contribution in [2.75, 3.05) is 6.54 Å². The highest BCUT2D eigenvalue weighted by atomic mass is 32.1. The molecule has 1 aromatic carbocycles. The summed E-state index contributed by atoms with van der Waals surface area (Å²) in [6.45, 7) is 4.86. The van der Waals surface area contributed by atoms with Crippen LogP contribution in [0, 0.1) is 0 Å². The van der Waals surface area contributed by atoms with E-state index in [2.05, 4.69) is 47.2 Å². The van der Waals surface area contributed by atoms with E-state index < -0.39 is 0 Å². The van der Waals surface area contributed by atoms with Gasteiger partial charge in [0.2, 0.25) is 0 Å². The fraction of sp³-hybridized carbons (Fsp3) is 0.200. The third-order valence-corrected chi connectivity index (χ3v) is 4.84. The summed E-state index contributed by atoms with van der Waals surface area (Å²) in [5.41, 5.74) is 4.50. The van der Waals surface area contributed by atoms with Crippen molar-refractivity contribution in [3.05, 3.63) is 69.9 Å². The molecule has 2 aliphatic heterocycles. The van der Waals surface area contributed by atoms with Gasteiger partial charge in [-0.25, -0.2) is 0 Å². The maximum Gasteiger partial charge on any atom is 0.0713 e. The lowest BCUT2D eigenvalue weighted by molar-refractivity contribution is 0.266. The average Bonchev–Trinajstić information content (AvgIpc) is 2.98. The molecule has 0 radical (unpaired) electrons. The van der Waals surface area contributed by atoms with Crippen molar-refractivity contribution in [1.29, 1.82) is 0 Å². The van der Waals surface area contributed by atoms with Crippen LogP contribution in [0.2, 0.25) is 0 Å². The van der Waals surface area contributed by atoms with Crippen LogP contribution < -0.4 is 0 Å². The standard InChI is InChI=1S/C15H13NS/c1-2-8-16-13-10-5-3-4-6-11(10)14(16)15-12(13)7-9-17-15/h2-7,9,13-14H,1,8H2. The highest BCUT2D eigenvalue weighted by Crippen LogP contribution is 2.57. The van der Waals surface area contributed by atoms with E-state index in [-0.39, 0.29) is 0 Å². The highest BCUT2D eigenvalue weighted by Gasteiger charge is 2.47. The van der Waals surface area contributed by atoms with Crippen molar-refractivity contribution in [3.8, 4) is 0 Å². The Hall–Kier alpha value is -1.38. The highest BCUT2D eigenvalue weighted by molar-refractivity contribution is 7.10. The van der Waals surface area contributed by atoms with E-state index in [1.807, 2.05) is 17.4 Å². The van der Waals surface area contributed by atoms with Gasteiger partial charge in [-0.3, -0.25) is 4.90 Å². The zero-order valence-electron chi connectivity index (χ0n) is 9.47. The third kappa shape index (κ3) is 1.07. The minimum Gasteiger partial charge on any atom is -0.277 e. The Morgan fingerprint density at radius 2 is 1.88 bits per heavy atom. The predicted molar refractivity (Wildman–Crippen MR) is 71.4 cm³/mol. The fourth-order valence-corrected chi connectivity index (χ4v) is 4.36. The Bertz CT molecular complexity index is 553. The van der Waals surface area contributed by atoms with E-state index in [0.29, 0.717) is 12.1 Å². The number of thiophene rings is 1. The molecule has 1 nitrogen and oxygen atoms in total. The molecule has 4 rings (SSSR count). The molecule has 0 aliphatic carbocycles. The van der Waals surface area contributed by atoms with E-state index in [9.17, 15) is 0 Å². The van der Waals surface area contributed by atoms with E-state index in [1.54, 1.807) is 0 Å². The molecule has 2 aliphatic rings. The van der Waals surface area contributed by atoms with E-state index in [4.69, 9.17) is 0 Å². The number of fused-ring (bicyclic) bond motifs is 8. The molecule has 0 spiro atoms. The van der Waals surface area contributed by atoms with Crippen molar-refractivity contribution in [2.24, 2.45) is 0 Å². The van der Waals surface area contributed by atoms with Crippen LogP contribution in [-0.4, -0.2) is 11.4 Å². The van der Waals surface area contributed by atoms with Gasteiger partial charge in [0, 0.05) is 11.4 Å². The van der Waals surface area contributed by atoms with Gasteiger partial charge in [0.1, 0.15) is 0 Å². The van der Waals surface area contributed by atoms with Gasteiger partial charge < -0.3 is 0 Å². The first-order chi connectivity index (χ1) is 8.42. The van der Waals surface area contributed by atoms with Crippen molar-refractivity contribution in [1.82, 2.24) is 4.90 Å². The molecule has 1 aromatic heterocycles. The van der Waals surface area contributed by atoms with E-state index in [0.717, 1.165) is 6.54 Å². The predicted octanol–water partition coefficient (Wildman–Crippen LogP) is 3.74. The maximum atomic E-state index is 3.89. The molecule has 2 heteroatoms. The molecular formula is C15H13NS. The quantitative estimate of drug-likeness (QED) is 0.722. The van der Waals surface area contributed by atoms with Gasteiger partial charge in [-0.15, -0.1) is 17.9 Å². The Labute approximate surface area is 105 Å². The number of hydrogen-bond acceptors (Lipinski definition) is 2. The number of hydrogen-bond donors (Lipinski definition) is 0. The molecule has 2 bridgehead atoms. The van der Waals surface area contributed by atoms with E-state index in [1.165, 1.54) is 21.6 Å². The van der Waals surface area contributed by atoms with Gasteiger partial charge in [-0.2, -0.15) is 0 Å². The van der Waals surface area contributed by atoms with Gasteiger partial charge in [-0.05, 0) is 28.1 Å². The molecule has 0 amide bonds. The number of nitrogens with zero attached hydrogens (tertiary/aromatic N) is 1. The van der Waals surface area contributed by atoms with Gasteiger partial charge in [0.25, 0.3) is 0 Å². The topological polar surface area (TPSA) is 3.24 Å². The van der Waals surface area contributed by atoms with Crippen molar-refractivity contribution in [2.45, 2.75) is 12.1 Å². The summed E-state index contributed by atoms with van der Waals surface area (Å²) < 4.78 is 0. The Balaban J connectivity index is 1.95. The maximum absolute atomic E-state index is 3.89. The van der Waals surface area contributed by atoms with Crippen LogP contribution in [0.25, 0.3) is 0 Å². The lowest BCUT2D eigenvalue weighted by Gasteiger charge is -2.20. The molecular weight excluding hydrogens is 226 g/mol.